The second kappa shape index (κ2) is 13.7. The summed E-state index contributed by atoms with van der Waals surface area (Å²) in [4.78, 5) is 28.5. The number of aliphatic hydroxyl groups is 1. The molecule has 0 bridgehead atoms. The van der Waals surface area contributed by atoms with Gasteiger partial charge in [-0.05, 0) is 60.9 Å². The third-order valence-electron chi connectivity index (χ3n) is 6.66. The SMILES string of the molecule is CCCOc1ccc(C2C(=C(O)c3ccc(OC)cc3)C(=O)C(=O)N2c2nnc(SCc3ccccc3)s2)cc1OCC. The molecule has 11 heteroatoms. The predicted octanol–water partition coefficient (Wildman–Crippen LogP) is 6.65. The molecule has 43 heavy (non-hydrogen) atoms. The van der Waals surface area contributed by atoms with Crippen LogP contribution in [0.3, 0.4) is 0 Å². The molecule has 1 aliphatic rings. The summed E-state index contributed by atoms with van der Waals surface area (Å²) >= 11 is 2.70. The summed E-state index contributed by atoms with van der Waals surface area (Å²) in [5.41, 5.74) is 1.98. The largest absolute Gasteiger partial charge is 0.507 e. The van der Waals surface area contributed by atoms with Gasteiger partial charge in [0.2, 0.25) is 5.13 Å². The molecular formula is C32H31N3O6S2. The van der Waals surface area contributed by atoms with Gasteiger partial charge < -0.3 is 19.3 Å². The van der Waals surface area contributed by atoms with Crippen LogP contribution in [0.2, 0.25) is 0 Å². The van der Waals surface area contributed by atoms with Crippen LogP contribution in [0.1, 0.15) is 43.0 Å². The summed E-state index contributed by atoms with van der Waals surface area (Å²) in [7, 11) is 1.54. The van der Waals surface area contributed by atoms with Crippen LogP contribution >= 0.6 is 23.1 Å². The monoisotopic (exact) mass is 617 g/mol. The summed E-state index contributed by atoms with van der Waals surface area (Å²) < 4.78 is 17.6. The Morgan fingerprint density at radius 3 is 2.44 bits per heavy atom. The van der Waals surface area contributed by atoms with Crippen molar-refractivity contribution in [1.29, 1.82) is 0 Å². The zero-order valence-electron chi connectivity index (χ0n) is 24.0. The number of aromatic nitrogens is 2. The molecular weight excluding hydrogens is 587 g/mol. The van der Waals surface area contributed by atoms with Gasteiger partial charge in [-0.2, -0.15) is 0 Å². The molecule has 2 heterocycles. The van der Waals surface area contributed by atoms with Crippen molar-refractivity contribution >= 4 is 45.7 Å². The topological polar surface area (TPSA) is 111 Å². The lowest BCUT2D eigenvalue weighted by atomic mass is 9.95. The summed E-state index contributed by atoms with van der Waals surface area (Å²) in [6, 6.07) is 20.8. The molecule has 1 amide bonds. The van der Waals surface area contributed by atoms with Crippen LogP contribution in [-0.4, -0.2) is 47.3 Å². The van der Waals surface area contributed by atoms with E-state index < -0.39 is 17.7 Å². The van der Waals surface area contributed by atoms with Gasteiger partial charge in [0.15, 0.2) is 15.8 Å². The Balaban J connectivity index is 1.58. The smallest absolute Gasteiger partial charge is 0.301 e. The van der Waals surface area contributed by atoms with Crippen LogP contribution in [0.5, 0.6) is 17.2 Å². The standard InChI is InChI=1S/C32H31N3O6S2/c1-4-17-41-24-16-13-22(18-25(24)40-5-2)27-26(28(36)21-11-14-23(39-3)15-12-21)29(37)30(38)35(27)31-33-34-32(43-31)42-19-20-9-7-6-8-10-20/h6-16,18,27,36H,4-5,17,19H2,1-3H3. The number of carbonyl (C=O) groups is 2. The number of ether oxygens (including phenoxy) is 3. The number of hydrogen-bond donors (Lipinski definition) is 1. The average molecular weight is 618 g/mol. The highest BCUT2D eigenvalue weighted by Crippen LogP contribution is 2.45. The first-order valence-corrected chi connectivity index (χ1v) is 15.6. The Kier molecular flexibility index (Phi) is 9.63. The van der Waals surface area contributed by atoms with Crippen molar-refractivity contribution < 1.29 is 28.9 Å². The fraction of sp³-hybridized carbons (Fsp3) is 0.250. The van der Waals surface area contributed by atoms with Crippen LogP contribution in [-0.2, 0) is 15.3 Å². The maximum Gasteiger partial charge on any atom is 0.301 e. The van der Waals surface area contributed by atoms with Crippen LogP contribution in [0, 0.1) is 0 Å². The van der Waals surface area contributed by atoms with E-state index >= 15 is 0 Å². The number of amides is 1. The van der Waals surface area contributed by atoms with Crippen molar-refractivity contribution in [2.24, 2.45) is 0 Å². The van der Waals surface area contributed by atoms with Gasteiger partial charge in [-0.1, -0.05) is 66.4 Å². The summed E-state index contributed by atoms with van der Waals surface area (Å²) in [6.07, 6.45) is 0.816. The number of rotatable bonds is 12. The van der Waals surface area contributed by atoms with Gasteiger partial charge in [0.05, 0.1) is 31.9 Å². The van der Waals surface area contributed by atoms with E-state index in [1.54, 1.807) is 49.6 Å². The third kappa shape index (κ3) is 6.52. The second-order valence-corrected chi connectivity index (χ2v) is 11.7. The molecule has 0 spiro atoms. The Morgan fingerprint density at radius 1 is 0.977 bits per heavy atom. The van der Waals surface area contributed by atoms with Gasteiger partial charge in [-0.3, -0.25) is 14.5 Å². The van der Waals surface area contributed by atoms with E-state index in [2.05, 4.69) is 10.2 Å². The predicted molar refractivity (Wildman–Crippen MR) is 167 cm³/mol. The first-order valence-electron chi connectivity index (χ1n) is 13.8. The Bertz CT molecular complexity index is 1620. The first-order chi connectivity index (χ1) is 20.9. The van der Waals surface area contributed by atoms with Crippen molar-refractivity contribution in [1.82, 2.24) is 10.2 Å². The molecule has 0 saturated carbocycles. The van der Waals surface area contributed by atoms with Crippen molar-refractivity contribution in [3.05, 3.63) is 95.1 Å². The van der Waals surface area contributed by atoms with E-state index in [4.69, 9.17) is 14.2 Å². The zero-order valence-corrected chi connectivity index (χ0v) is 25.6. The minimum Gasteiger partial charge on any atom is -0.507 e. The maximum atomic E-state index is 13.6. The number of benzene rings is 3. The minimum absolute atomic E-state index is 0.0615. The number of thioether (sulfide) groups is 1. The highest BCUT2D eigenvalue weighted by Gasteiger charge is 2.48. The fourth-order valence-electron chi connectivity index (χ4n) is 4.62. The molecule has 1 unspecified atom stereocenters. The Labute approximate surface area is 258 Å². The number of methoxy groups -OCH3 is 1. The summed E-state index contributed by atoms with van der Waals surface area (Å²) in [6.45, 7) is 4.76. The van der Waals surface area contributed by atoms with Crippen LogP contribution in [0.4, 0.5) is 5.13 Å². The normalized spacial score (nSPS) is 16.0. The zero-order chi connectivity index (χ0) is 30.3. The van der Waals surface area contributed by atoms with E-state index in [9.17, 15) is 14.7 Å². The van der Waals surface area contributed by atoms with Gasteiger partial charge in [0.1, 0.15) is 11.5 Å². The Hall–Kier alpha value is -4.35. The lowest BCUT2D eigenvalue weighted by Gasteiger charge is -2.23. The molecule has 1 N–H and O–H groups in total. The molecule has 1 aromatic heterocycles. The maximum absolute atomic E-state index is 13.6. The van der Waals surface area contributed by atoms with Crippen molar-refractivity contribution in [2.75, 3.05) is 25.2 Å². The molecule has 0 radical (unpaired) electrons. The number of nitrogens with zero attached hydrogens (tertiary/aromatic N) is 3. The Morgan fingerprint density at radius 2 is 1.74 bits per heavy atom. The van der Waals surface area contributed by atoms with E-state index in [0.29, 0.717) is 51.7 Å². The van der Waals surface area contributed by atoms with E-state index in [1.807, 2.05) is 44.2 Å². The lowest BCUT2D eigenvalue weighted by Crippen LogP contribution is -2.29. The second-order valence-electron chi connectivity index (χ2n) is 9.51. The molecule has 1 fully saturated rings. The number of carbonyl (C=O) groups excluding carboxylic acids is 2. The van der Waals surface area contributed by atoms with Crippen molar-refractivity contribution in [3.63, 3.8) is 0 Å². The number of Topliss-reactive ketones (excluding diaryl/α,β-unsaturated/α-hetero) is 1. The highest BCUT2D eigenvalue weighted by atomic mass is 32.2. The summed E-state index contributed by atoms with van der Waals surface area (Å²) in [5, 5.41) is 20.3. The highest BCUT2D eigenvalue weighted by molar-refractivity contribution is 8.00. The number of ketones is 1. The van der Waals surface area contributed by atoms with Crippen LogP contribution in [0.15, 0.2) is 82.7 Å². The van der Waals surface area contributed by atoms with Crippen molar-refractivity contribution in [3.8, 4) is 17.2 Å². The molecule has 1 atom stereocenters. The minimum atomic E-state index is -0.985. The molecule has 5 rings (SSSR count). The number of aliphatic hydroxyl groups excluding tert-OH is 1. The van der Waals surface area contributed by atoms with Crippen LogP contribution < -0.4 is 19.1 Å². The number of hydrogen-bond acceptors (Lipinski definition) is 10. The van der Waals surface area contributed by atoms with E-state index in [-0.39, 0.29) is 16.5 Å². The molecule has 3 aromatic carbocycles. The van der Waals surface area contributed by atoms with E-state index in [1.165, 1.54) is 28.0 Å². The average Bonchev–Trinajstić information content (AvgIpc) is 3.61. The quantitative estimate of drug-likeness (QED) is 0.0614. The van der Waals surface area contributed by atoms with Gasteiger partial charge in [-0.25, -0.2) is 0 Å². The van der Waals surface area contributed by atoms with Gasteiger partial charge in [0, 0.05) is 11.3 Å². The van der Waals surface area contributed by atoms with Gasteiger partial charge in [-0.15, -0.1) is 10.2 Å². The molecule has 9 nitrogen and oxygen atoms in total. The lowest BCUT2D eigenvalue weighted by molar-refractivity contribution is -0.132. The summed E-state index contributed by atoms with van der Waals surface area (Å²) in [5.74, 6) is 0.353. The molecule has 4 aromatic rings. The third-order valence-corrected chi connectivity index (χ3v) is 8.79. The molecule has 1 aliphatic heterocycles. The molecule has 1 saturated heterocycles. The van der Waals surface area contributed by atoms with Crippen LogP contribution in [0.25, 0.3) is 5.76 Å². The van der Waals surface area contributed by atoms with Crippen molar-refractivity contribution in [2.45, 2.75) is 36.4 Å². The van der Waals surface area contributed by atoms with Gasteiger partial charge in [0.25, 0.3) is 5.78 Å². The van der Waals surface area contributed by atoms with Gasteiger partial charge >= 0.3 is 5.91 Å². The molecule has 0 aliphatic carbocycles. The molecule has 222 valence electrons. The first kappa shape index (κ1) is 30.1. The fourth-order valence-corrected chi connectivity index (χ4v) is 6.44. The van der Waals surface area contributed by atoms with E-state index in [0.717, 1.165) is 12.0 Å². The number of anilines is 1.